The fraction of sp³-hybridized carbons (Fsp3) is 0.395. The standard InChI is InChI=1S/C38H42N4O5S/c1-3-47-27-15-16-28-29(22-27)41(2)20-21-42-30-23-31(48-35(30)33(34(28)42)25-8-5-4-6-9-25)36(45)40-38(18-7-19-38)37(46)39-26-13-10-24(11-14-26)12-17-32(43)44/h10-17,22-23,25H,3-9,18-21H2,1-2H3,(H,39,46)(H,40,45)(H,43,44). The van der Waals surface area contributed by atoms with Crippen molar-refractivity contribution in [1.29, 1.82) is 0 Å². The van der Waals surface area contributed by atoms with Gasteiger partial charge in [-0.05, 0) is 92.5 Å². The van der Waals surface area contributed by atoms with Crippen LogP contribution in [0.25, 0.3) is 27.6 Å². The number of carboxylic acid groups (broad SMARTS) is 1. The number of fused-ring (bicyclic) bond motifs is 5. The number of carbonyl (C=O) groups is 3. The lowest BCUT2D eigenvalue weighted by atomic mass is 9.75. The summed E-state index contributed by atoms with van der Waals surface area (Å²) in [5.41, 5.74) is 6.46. The lowest BCUT2D eigenvalue weighted by Gasteiger charge is -2.40. The molecule has 7 rings (SSSR count). The van der Waals surface area contributed by atoms with E-state index in [0.717, 1.165) is 49.7 Å². The fourth-order valence-electron chi connectivity index (χ4n) is 7.52. The van der Waals surface area contributed by atoms with E-state index in [0.29, 0.717) is 41.5 Å². The molecule has 0 radical (unpaired) electrons. The van der Waals surface area contributed by atoms with Gasteiger partial charge in [0.15, 0.2) is 0 Å². The third kappa shape index (κ3) is 5.98. The van der Waals surface area contributed by atoms with Crippen LogP contribution in [0.5, 0.6) is 5.75 Å². The van der Waals surface area contributed by atoms with Crippen LogP contribution in [0.1, 0.15) is 85.0 Å². The smallest absolute Gasteiger partial charge is 0.328 e. The Hall–Kier alpha value is -4.57. The average Bonchev–Trinajstić information content (AvgIpc) is 3.59. The van der Waals surface area contributed by atoms with Gasteiger partial charge >= 0.3 is 5.97 Å². The monoisotopic (exact) mass is 666 g/mol. The maximum Gasteiger partial charge on any atom is 0.328 e. The van der Waals surface area contributed by atoms with Crippen molar-refractivity contribution in [1.82, 2.24) is 9.88 Å². The molecule has 1 aliphatic heterocycles. The highest BCUT2D eigenvalue weighted by Crippen LogP contribution is 2.50. The number of anilines is 2. The van der Waals surface area contributed by atoms with E-state index >= 15 is 0 Å². The quantitative estimate of drug-likeness (QED) is 0.158. The number of amides is 2. The van der Waals surface area contributed by atoms with E-state index in [1.807, 2.05) is 13.0 Å². The van der Waals surface area contributed by atoms with E-state index in [4.69, 9.17) is 9.84 Å². The molecule has 4 aromatic rings. The Labute approximate surface area is 284 Å². The van der Waals surface area contributed by atoms with E-state index in [9.17, 15) is 14.4 Å². The number of likely N-dealkylation sites (N-methyl/N-ethyl adjacent to an activating group) is 1. The van der Waals surface area contributed by atoms with Gasteiger partial charge in [0.2, 0.25) is 5.91 Å². The summed E-state index contributed by atoms with van der Waals surface area (Å²) in [6.45, 7) is 4.27. The molecule has 9 nitrogen and oxygen atoms in total. The number of ether oxygens (including phenoxy) is 1. The van der Waals surface area contributed by atoms with Crippen molar-refractivity contribution >= 4 is 56.8 Å². The minimum Gasteiger partial charge on any atom is -0.494 e. The predicted molar refractivity (Wildman–Crippen MR) is 191 cm³/mol. The molecule has 10 heteroatoms. The summed E-state index contributed by atoms with van der Waals surface area (Å²) >= 11 is 1.56. The topological polar surface area (TPSA) is 113 Å². The number of hydrogen-bond donors (Lipinski definition) is 3. The van der Waals surface area contributed by atoms with Crippen molar-refractivity contribution in [2.75, 3.05) is 30.4 Å². The molecule has 0 unspecified atom stereocenters. The molecule has 0 spiro atoms. The Bertz CT molecular complexity index is 1900. The minimum absolute atomic E-state index is 0.211. The Morgan fingerprint density at radius 2 is 1.79 bits per heavy atom. The molecule has 2 saturated carbocycles. The van der Waals surface area contributed by atoms with Crippen molar-refractivity contribution < 1.29 is 24.2 Å². The second kappa shape index (κ2) is 13.1. The number of aromatic nitrogens is 1. The molecule has 2 aliphatic carbocycles. The van der Waals surface area contributed by atoms with Crippen LogP contribution in [0.2, 0.25) is 0 Å². The molecule has 2 amide bonds. The second-order valence-electron chi connectivity index (χ2n) is 13.2. The van der Waals surface area contributed by atoms with Crippen LogP contribution in [0.4, 0.5) is 11.4 Å². The van der Waals surface area contributed by atoms with Gasteiger partial charge in [-0.15, -0.1) is 11.3 Å². The zero-order valence-corrected chi connectivity index (χ0v) is 28.3. The number of thiophene rings is 1. The highest BCUT2D eigenvalue weighted by Gasteiger charge is 2.46. The van der Waals surface area contributed by atoms with Crippen molar-refractivity contribution in [3.63, 3.8) is 0 Å². The molecule has 48 heavy (non-hydrogen) atoms. The Balaban J connectivity index is 1.19. The summed E-state index contributed by atoms with van der Waals surface area (Å²) < 4.78 is 9.50. The summed E-state index contributed by atoms with van der Waals surface area (Å²) in [6, 6.07) is 15.4. The van der Waals surface area contributed by atoms with Crippen molar-refractivity contribution in [3.8, 4) is 17.0 Å². The molecule has 3 aliphatic rings. The highest BCUT2D eigenvalue weighted by atomic mass is 32.1. The molecule has 0 bridgehead atoms. The SMILES string of the molecule is CCOc1ccc2c(c1)N(C)CCn1c-2c(C2CCCCC2)c2sc(C(=O)NC3(C(=O)Nc4ccc(C=CC(=O)O)cc4)CCC3)cc21. The summed E-state index contributed by atoms with van der Waals surface area (Å²) in [4.78, 5) is 41.3. The molecule has 2 aromatic carbocycles. The molecule has 2 fully saturated rings. The van der Waals surface area contributed by atoms with E-state index in [1.54, 1.807) is 35.6 Å². The molecular formula is C38H42N4O5S. The molecule has 3 heterocycles. The number of benzene rings is 2. The average molecular weight is 667 g/mol. The number of carbonyl (C=O) groups excluding carboxylic acids is 2. The third-order valence-corrected chi connectivity index (χ3v) is 11.4. The van der Waals surface area contributed by atoms with Gasteiger partial charge in [-0.2, -0.15) is 0 Å². The molecule has 2 aromatic heterocycles. The van der Waals surface area contributed by atoms with Crippen LogP contribution in [-0.4, -0.2) is 53.2 Å². The zero-order chi connectivity index (χ0) is 33.4. The first-order chi connectivity index (χ1) is 23.3. The molecule has 250 valence electrons. The summed E-state index contributed by atoms with van der Waals surface area (Å²) in [5, 5.41) is 15.0. The van der Waals surface area contributed by atoms with Gasteiger partial charge in [-0.25, -0.2) is 4.79 Å². The van der Waals surface area contributed by atoms with Gasteiger partial charge in [0.05, 0.1) is 27.4 Å². The van der Waals surface area contributed by atoms with Crippen LogP contribution in [0.3, 0.4) is 0 Å². The van der Waals surface area contributed by atoms with Crippen LogP contribution in [0, 0.1) is 0 Å². The Kier molecular flexibility index (Phi) is 8.76. The van der Waals surface area contributed by atoms with Crippen LogP contribution < -0.4 is 20.3 Å². The van der Waals surface area contributed by atoms with Crippen molar-refractivity contribution in [3.05, 3.63) is 70.6 Å². The van der Waals surface area contributed by atoms with E-state index < -0.39 is 11.5 Å². The number of carboxylic acids is 1. The maximum absolute atomic E-state index is 14.0. The van der Waals surface area contributed by atoms with Gasteiger partial charge in [0.25, 0.3) is 5.91 Å². The van der Waals surface area contributed by atoms with Crippen LogP contribution in [-0.2, 0) is 16.1 Å². The van der Waals surface area contributed by atoms with Crippen LogP contribution >= 0.6 is 11.3 Å². The number of nitrogens with one attached hydrogen (secondary N) is 2. The third-order valence-electron chi connectivity index (χ3n) is 10.2. The highest BCUT2D eigenvalue weighted by molar-refractivity contribution is 7.21. The molecule has 0 atom stereocenters. The number of nitrogens with zero attached hydrogens (tertiary/aromatic N) is 2. The maximum atomic E-state index is 14.0. The lowest BCUT2D eigenvalue weighted by Crippen LogP contribution is -2.61. The Morgan fingerprint density at radius 1 is 1.02 bits per heavy atom. The van der Waals surface area contributed by atoms with Gasteiger partial charge < -0.3 is 29.9 Å². The number of hydrogen-bond acceptors (Lipinski definition) is 6. The number of aliphatic carboxylic acids is 1. The largest absolute Gasteiger partial charge is 0.494 e. The van der Waals surface area contributed by atoms with E-state index in [1.165, 1.54) is 52.5 Å². The first kappa shape index (κ1) is 32.0. The number of rotatable bonds is 9. The zero-order valence-electron chi connectivity index (χ0n) is 27.5. The first-order valence-corrected chi connectivity index (χ1v) is 17.9. The lowest BCUT2D eigenvalue weighted by molar-refractivity contribution is -0.131. The van der Waals surface area contributed by atoms with Crippen molar-refractivity contribution in [2.24, 2.45) is 0 Å². The summed E-state index contributed by atoms with van der Waals surface area (Å²) in [5.74, 6) is -0.152. The normalized spacial score (nSPS) is 17.3. The summed E-state index contributed by atoms with van der Waals surface area (Å²) in [6.07, 6.45) is 10.6. The van der Waals surface area contributed by atoms with Gasteiger partial charge in [0.1, 0.15) is 11.3 Å². The minimum atomic E-state index is -1.02. The van der Waals surface area contributed by atoms with Gasteiger partial charge in [-0.3, -0.25) is 9.59 Å². The molecule has 0 saturated heterocycles. The van der Waals surface area contributed by atoms with E-state index in [-0.39, 0.29) is 11.8 Å². The van der Waals surface area contributed by atoms with Crippen molar-refractivity contribution in [2.45, 2.75) is 76.3 Å². The molecular weight excluding hydrogens is 625 g/mol. The van der Waals surface area contributed by atoms with Gasteiger partial charge in [-0.1, -0.05) is 31.4 Å². The predicted octanol–water partition coefficient (Wildman–Crippen LogP) is 7.66. The van der Waals surface area contributed by atoms with Crippen LogP contribution in [0.15, 0.2) is 54.6 Å². The Morgan fingerprint density at radius 3 is 2.48 bits per heavy atom. The van der Waals surface area contributed by atoms with Gasteiger partial charge in [0, 0.05) is 49.2 Å². The van der Waals surface area contributed by atoms with E-state index in [2.05, 4.69) is 45.3 Å². The summed E-state index contributed by atoms with van der Waals surface area (Å²) in [7, 11) is 2.14. The molecule has 3 N–H and O–H groups in total. The fourth-order valence-corrected chi connectivity index (χ4v) is 8.70. The second-order valence-corrected chi connectivity index (χ2v) is 14.3. The first-order valence-electron chi connectivity index (χ1n) is 17.1.